The Morgan fingerprint density at radius 1 is 1.30 bits per heavy atom. The summed E-state index contributed by atoms with van der Waals surface area (Å²) in [4.78, 5) is 4.74. The van der Waals surface area contributed by atoms with E-state index in [2.05, 4.69) is 74.6 Å². The first-order chi connectivity index (χ1) is 12.8. The fourth-order valence-electron chi connectivity index (χ4n) is 2.84. The fourth-order valence-corrected chi connectivity index (χ4v) is 2.84. The molecule has 0 amide bonds. The van der Waals surface area contributed by atoms with Gasteiger partial charge in [-0.2, -0.15) is 5.10 Å². The smallest absolute Gasteiger partial charge is 0.191 e. The van der Waals surface area contributed by atoms with Gasteiger partial charge >= 0.3 is 0 Å². The third kappa shape index (κ3) is 6.10. The van der Waals surface area contributed by atoms with E-state index < -0.39 is 0 Å². The van der Waals surface area contributed by atoms with E-state index in [1.54, 1.807) is 13.3 Å². The molecule has 2 aromatic rings. The number of hydrogen-bond donors (Lipinski definition) is 2. The highest BCUT2D eigenvalue weighted by Gasteiger charge is 2.24. The van der Waals surface area contributed by atoms with Crippen LogP contribution < -0.4 is 10.6 Å². The van der Waals surface area contributed by atoms with Crippen LogP contribution in [0, 0.1) is 5.41 Å². The second kappa shape index (κ2) is 9.55. The highest BCUT2D eigenvalue weighted by atomic mass is 16.5. The standard InChI is InChI=1S/C21H33N5O/c1-7-22-20(23-15-19(27-6)21(3,4)5)25-16(2)17-10-8-11-18(14-17)26-13-9-12-24-26/h8-14,16,19H,7,15H2,1-6H3,(H2,22,23,25). The SMILES string of the molecule is CCNC(=NCC(OC)C(C)(C)C)NC(C)c1cccc(-n2cccn2)c1. The van der Waals surface area contributed by atoms with Crippen molar-refractivity contribution in [3.8, 4) is 5.69 Å². The first-order valence-corrected chi connectivity index (χ1v) is 9.52. The predicted molar refractivity (Wildman–Crippen MR) is 111 cm³/mol. The molecule has 27 heavy (non-hydrogen) atoms. The van der Waals surface area contributed by atoms with Crippen LogP contribution in [-0.4, -0.2) is 42.0 Å². The molecule has 148 valence electrons. The van der Waals surface area contributed by atoms with Crippen LogP contribution in [0.4, 0.5) is 0 Å². The van der Waals surface area contributed by atoms with E-state index >= 15 is 0 Å². The molecule has 2 rings (SSSR count). The third-order valence-corrected chi connectivity index (χ3v) is 4.50. The van der Waals surface area contributed by atoms with Gasteiger partial charge in [-0.05, 0) is 43.0 Å². The number of methoxy groups -OCH3 is 1. The molecule has 2 atom stereocenters. The number of aliphatic imine (C=N–C) groups is 1. The summed E-state index contributed by atoms with van der Waals surface area (Å²) in [6, 6.07) is 10.4. The molecular formula is C21H33N5O. The van der Waals surface area contributed by atoms with E-state index in [1.807, 2.05) is 16.9 Å². The molecule has 0 saturated carbocycles. The second-order valence-corrected chi connectivity index (χ2v) is 7.72. The summed E-state index contributed by atoms with van der Waals surface area (Å²) in [6.07, 6.45) is 3.79. The number of nitrogens with zero attached hydrogens (tertiary/aromatic N) is 3. The minimum absolute atomic E-state index is 0.0410. The fraction of sp³-hybridized carbons (Fsp3) is 0.524. The van der Waals surface area contributed by atoms with Crippen LogP contribution in [0.15, 0.2) is 47.7 Å². The first kappa shape index (κ1) is 21.0. The summed E-state index contributed by atoms with van der Waals surface area (Å²) in [5.74, 6) is 0.792. The molecule has 2 N–H and O–H groups in total. The molecule has 0 radical (unpaired) electrons. The van der Waals surface area contributed by atoms with Gasteiger partial charge in [0.05, 0.1) is 24.4 Å². The molecular weight excluding hydrogens is 338 g/mol. The predicted octanol–water partition coefficient (Wildman–Crippen LogP) is 3.55. The van der Waals surface area contributed by atoms with Gasteiger partial charge in [0.25, 0.3) is 0 Å². The van der Waals surface area contributed by atoms with E-state index in [-0.39, 0.29) is 17.6 Å². The first-order valence-electron chi connectivity index (χ1n) is 9.52. The van der Waals surface area contributed by atoms with Gasteiger partial charge in [0.2, 0.25) is 0 Å². The summed E-state index contributed by atoms with van der Waals surface area (Å²) in [5.41, 5.74) is 2.26. The summed E-state index contributed by atoms with van der Waals surface area (Å²) in [7, 11) is 1.75. The number of guanidine groups is 1. The van der Waals surface area contributed by atoms with Gasteiger partial charge in [-0.15, -0.1) is 0 Å². The number of benzene rings is 1. The molecule has 6 nitrogen and oxygen atoms in total. The maximum atomic E-state index is 5.62. The Hall–Kier alpha value is -2.34. The Morgan fingerprint density at radius 3 is 2.67 bits per heavy atom. The highest BCUT2D eigenvalue weighted by molar-refractivity contribution is 5.80. The molecule has 0 spiro atoms. The second-order valence-electron chi connectivity index (χ2n) is 7.72. The molecule has 0 saturated heterocycles. The quantitative estimate of drug-likeness (QED) is 0.577. The number of hydrogen-bond acceptors (Lipinski definition) is 3. The molecule has 2 unspecified atom stereocenters. The number of nitrogens with one attached hydrogen (secondary N) is 2. The van der Waals surface area contributed by atoms with E-state index in [4.69, 9.17) is 9.73 Å². The van der Waals surface area contributed by atoms with Crippen LogP contribution in [-0.2, 0) is 4.74 Å². The molecule has 1 aromatic heterocycles. The molecule has 1 heterocycles. The van der Waals surface area contributed by atoms with Crippen molar-refractivity contribution >= 4 is 5.96 Å². The van der Waals surface area contributed by atoms with Crippen LogP contribution in [0.3, 0.4) is 0 Å². The maximum absolute atomic E-state index is 5.62. The van der Waals surface area contributed by atoms with Crippen LogP contribution in [0.2, 0.25) is 0 Å². The van der Waals surface area contributed by atoms with E-state index in [9.17, 15) is 0 Å². The van der Waals surface area contributed by atoms with Crippen molar-refractivity contribution in [1.29, 1.82) is 0 Å². The van der Waals surface area contributed by atoms with Crippen molar-refractivity contribution in [3.05, 3.63) is 48.3 Å². The average molecular weight is 372 g/mol. The van der Waals surface area contributed by atoms with Crippen molar-refractivity contribution in [2.24, 2.45) is 10.4 Å². The minimum Gasteiger partial charge on any atom is -0.379 e. The van der Waals surface area contributed by atoms with E-state index in [0.717, 1.165) is 18.2 Å². The zero-order chi connectivity index (χ0) is 19.9. The maximum Gasteiger partial charge on any atom is 0.191 e. The monoisotopic (exact) mass is 371 g/mol. The van der Waals surface area contributed by atoms with Gasteiger partial charge in [0, 0.05) is 26.0 Å². The lowest BCUT2D eigenvalue weighted by Gasteiger charge is -2.28. The van der Waals surface area contributed by atoms with Crippen molar-refractivity contribution in [2.45, 2.75) is 46.8 Å². The Balaban J connectivity index is 2.11. The van der Waals surface area contributed by atoms with Crippen LogP contribution in [0.5, 0.6) is 0 Å². The average Bonchev–Trinajstić information content (AvgIpc) is 3.16. The Kier molecular flexibility index (Phi) is 7.42. The molecule has 6 heteroatoms. The molecule has 0 aliphatic carbocycles. The van der Waals surface area contributed by atoms with Crippen LogP contribution in [0.25, 0.3) is 5.69 Å². The molecule has 0 fully saturated rings. The molecule has 0 aliphatic rings. The lowest BCUT2D eigenvalue weighted by molar-refractivity contribution is 0.0241. The zero-order valence-corrected chi connectivity index (χ0v) is 17.4. The van der Waals surface area contributed by atoms with Crippen molar-refractivity contribution in [1.82, 2.24) is 20.4 Å². The number of ether oxygens (including phenoxy) is 1. The van der Waals surface area contributed by atoms with Gasteiger partial charge in [-0.25, -0.2) is 4.68 Å². The Morgan fingerprint density at radius 2 is 2.07 bits per heavy atom. The normalized spacial score (nSPS) is 14.7. The Bertz CT molecular complexity index is 718. The van der Waals surface area contributed by atoms with Crippen molar-refractivity contribution < 1.29 is 4.74 Å². The zero-order valence-electron chi connectivity index (χ0n) is 17.4. The van der Waals surface area contributed by atoms with Gasteiger partial charge in [-0.1, -0.05) is 32.9 Å². The lowest BCUT2D eigenvalue weighted by Crippen LogP contribution is -2.40. The largest absolute Gasteiger partial charge is 0.379 e. The van der Waals surface area contributed by atoms with Crippen molar-refractivity contribution in [3.63, 3.8) is 0 Å². The summed E-state index contributed by atoms with van der Waals surface area (Å²) < 4.78 is 7.48. The number of rotatable bonds is 7. The van der Waals surface area contributed by atoms with E-state index in [0.29, 0.717) is 6.54 Å². The van der Waals surface area contributed by atoms with Gasteiger partial charge in [0.15, 0.2) is 5.96 Å². The highest BCUT2D eigenvalue weighted by Crippen LogP contribution is 2.22. The minimum atomic E-state index is 0.0410. The molecule has 0 aliphatic heterocycles. The lowest BCUT2D eigenvalue weighted by atomic mass is 9.89. The van der Waals surface area contributed by atoms with Gasteiger partial charge in [0.1, 0.15) is 0 Å². The van der Waals surface area contributed by atoms with Crippen LogP contribution in [0.1, 0.15) is 46.2 Å². The topological polar surface area (TPSA) is 63.5 Å². The Labute approximate surface area is 163 Å². The summed E-state index contributed by atoms with van der Waals surface area (Å²) >= 11 is 0. The molecule has 0 bridgehead atoms. The summed E-state index contributed by atoms with van der Waals surface area (Å²) in [5, 5.41) is 11.1. The third-order valence-electron chi connectivity index (χ3n) is 4.50. The van der Waals surface area contributed by atoms with Gasteiger partial charge in [-0.3, -0.25) is 4.99 Å². The van der Waals surface area contributed by atoms with E-state index in [1.165, 1.54) is 5.56 Å². The number of aromatic nitrogens is 2. The van der Waals surface area contributed by atoms with Gasteiger partial charge < -0.3 is 15.4 Å². The molecule has 1 aromatic carbocycles. The summed E-state index contributed by atoms with van der Waals surface area (Å²) in [6.45, 7) is 12.1. The van der Waals surface area contributed by atoms with Crippen molar-refractivity contribution in [2.75, 3.05) is 20.2 Å². The van der Waals surface area contributed by atoms with Crippen LogP contribution >= 0.6 is 0 Å².